The van der Waals surface area contributed by atoms with Crippen molar-refractivity contribution in [3.8, 4) is 6.07 Å². The molecule has 2 aliphatic rings. The largest absolute Gasteiger partial charge is 0.441 e. The van der Waals surface area contributed by atoms with Crippen LogP contribution in [0.25, 0.3) is 11.0 Å². The second-order valence-electron chi connectivity index (χ2n) is 7.79. The van der Waals surface area contributed by atoms with E-state index in [0.29, 0.717) is 42.4 Å². The van der Waals surface area contributed by atoms with Crippen LogP contribution in [0.2, 0.25) is 0 Å². The van der Waals surface area contributed by atoms with Crippen molar-refractivity contribution in [1.82, 2.24) is 14.5 Å². The summed E-state index contributed by atoms with van der Waals surface area (Å²) in [7, 11) is 1.63. The van der Waals surface area contributed by atoms with Gasteiger partial charge in [-0.2, -0.15) is 5.26 Å². The molecule has 1 saturated heterocycles. The van der Waals surface area contributed by atoms with Crippen LogP contribution in [-0.4, -0.2) is 46.2 Å². The van der Waals surface area contributed by atoms with E-state index in [9.17, 15) is 13.6 Å². The summed E-state index contributed by atoms with van der Waals surface area (Å²) in [6, 6.07) is 7.12. The number of nitriles is 1. The van der Waals surface area contributed by atoms with Crippen LogP contribution in [0.4, 0.5) is 13.6 Å². The molecule has 27 heavy (non-hydrogen) atoms. The van der Waals surface area contributed by atoms with Crippen LogP contribution in [0.3, 0.4) is 0 Å². The number of aromatic nitrogens is 2. The Hall–Kier alpha value is -2.69. The van der Waals surface area contributed by atoms with Crippen LogP contribution in [0.1, 0.15) is 31.2 Å². The van der Waals surface area contributed by atoms with Gasteiger partial charge >= 0.3 is 6.09 Å². The van der Waals surface area contributed by atoms with Crippen molar-refractivity contribution in [2.45, 2.75) is 44.3 Å². The van der Waals surface area contributed by atoms with E-state index in [1.54, 1.807) is 36.1 Å². The molecule has 2 heterocycles. The smallest absolute Gasteiger partial charge is 0.410 e. The number of hydrogen-bond donors (Lipinski definition) is 0. The zero-order valence-corrected chi connectivity index (χ0v) is 15.0. The van der Waals surface area contributed by atoms with Gasteiger partial charge in [0.2, 0.25) is 6.43 Å². The van der Waals surface area contributed by atoms with Gasteiger partial charge < -0.3 is 14.2 Å². The standard InChI is InChI=1S/C19H20F2N4O2/c1-24-11-19(27-17(24)26)6-2-5-18(9-19,16(20)21)10-25-12-23-14-4-3-13(8-22)7-15(14)25/h3-4,7,12,16H,2,5-6,9-11H2,1H3/t18-,19+/m1/s1. The third-order valence-electron chi connectivity index (χ3n) is 5.82. The van der Waals surface area contributed by atoms with Gasteiger partial charge in [-0.25, -0.2) is 18.6 Å². The molecule has 6 nitrogen and oxygen atoms in total. The maximum absolute atomic E-state index is 14.3. The van der Waals surface area contributed by atoms with E-state index in [-0.39, 0.29) is 13.0 Å². The molecule has 0 unspecified atom stereocenters. The van der Waals surface area contributed by atoms with E-state index < -0.39 is 23.5 Å². The molecule has 1 aromatic heterocycles. The summed E-state index contributed by atoms with van der Waals surface area (Å²) >= 11 is 0. The predicted molar refractivity (Wildman–Crippen MR) is 93.2 cm³/mol. The number of alkyl halides is 2. The number of likely N-dealkylation sites (N-methyl/N-ethyl adjacent to an activating group) is 1. The van der Waals surface area contributed by atoms with Crippen LogP contribution in [0, 0.1) is 16.7 Å². The summed E-state index contributed by atoms with van der Waals surface area (Å²) in [6.07, 6.45) is 0.172. The molecule has 2 aromatic rings. The monoisotopic (exact) mass is 374 g/mol. The summed E-state index contributed by atoms with van der Waals surface area (Å²) in [5, 5.41) is 9.12. The minimum atomic E-state index is -2.56. The van der Waals surface area contributed by atoms with Crippen molar-refractivity contribution in [3.63, 3.8) is 0 Å². The lowest BCUT2D eigenvalue weighted by molar-refractivity contribution is -0.105. The third kappa shape index (κ3) is 2.91. The van der Waals surface area contributed by atoms with Gasteiger partial charge in [-0.1, -0.05) is 0 Å². The minimum Gasteiger partial charge on any atom is -0.441 e. The van der Waals surface area contributed by atoms with Gasteiger partial charge in [0.25, 0.3) is 0 Å². The highest BCUT2D eigenvalue weighted by atomic mass is 19.3. The number of nitrogens with zero attached hydrogens (tertiary/aromatic N) is 4. The molecule has 0 N–H and O–H groups in total. The average Bonchev–Trinajstić information content (AvgIpc) is 3.15. The fourth-order valence-corrected chi connectivity index (χ4v) is 4.58. The van der Waals surface area contributed by atoms with Gasteiger partial charge in [0.1, 0.15) is 5.60 Å². The summed E-state index contributed by atoms with van der Waals surface area (Å²) in [6.45, 7) is 0.405. The Balaban J connectivity index is 1.69. The molecule has 1 saturated carbocycles. The topological polar surface area (TPSA) is 71.2 Å². The molecule has 0 radical (unpaired) electrons. The number of amides is 1. The highest BCUT2D eigenvalue weighted by Gasteiger charge is 2.55. The van der Waals surface area contributed by atoms with Crippen molar-refractivity contribution < 1.29 is 18.3 Å². The number of benzene rings is 1. The van der Waals surface area contributed by atoms with Gasteiger partial charge in [-0.3, -0.25) is 0 Å². The second kappa shape index (κ2) is 6.19. The van der Waals surface area contributed by atoms with Gasteiger partial charge in [0.15, 0.2) is 0 Å². The molecule has 1 amide bonds. The number of ether oxygens (including phenoxy) is 1. The van der Waals surface area contributed by atoms with Crippen LogP contribution in [0.5, 0.6) is 0 Å². The third-order valence-corrected chi connectivity index (χ3v) is 5.82. The fraction of sp³-hybridized carbons (Fsp3) is 0.526. The number of fused-ring (bicyclic) bond motifs is 1. The van der Waals surface area contributed by atoms with E-state index in [2.05, 4.69) is 11.1 Å². The number of carbonyl (C=O) groups excluding carboxylic acids is 1. The van der Waals surface area contributed by atoms with Gasteiger partial charge in [-0.15, -0.1) is 0 Å². The molecule has 142 valence electrons. The summed E-state index contributed by atoms with van der Waals surface area (Å²) in [5.41, 5.74) is -0.374. The Bertz CT molecular complexity index is 937. The zero-order valence-electron chi connectivity index (χ0n) is 15.0. The lowest BCUT2D eigenvalue weighted by atomic mass is 9.67. The van der Waals surface area contributed by atoms with Crippen LogP contribution < -0.4 is 0 Å². The Morgan fingerprint density at radius 1 is 1.41 bits per heavy atom. The summed E-state index contributed by atoms with van der Waals surface area (Å²) < 4.78 is 35.8. The maximum Gasteiger partial charge on any atom is 0.410 e. The SMILES string of the molecule is CN1C[C@@]2(CCC[C@@](Cn3cnc4ccc(C#N)cc43)(C(F)F)C2)OC1=O. The molecule has 2 fully saturated rings. The number of hydrogen-bond acceptors (Lipinski definition) is 4. The fourth-order valence-electron chi connectivity index (χ4n) is 4.58. The number of carbonyl (C=O) groups is 1. The van der Waals surface area contributed by atoms with E-state index in [4.69, 9.17) is 10.00 Å². The highest BCUT2D eigenvalue weighted by molar-refractivity contribution is 5.77. The van der Waals surface area contributed by atoms with Crippen molar-refractivity contribution in [1.29, 1.82) is 5.26 Å². The molecule has 8 heteroatoms. The Morgan fingerprint density at radius 2 is 2.22 bits per heavy atom. The summed E-state index contributed by atoms with van der Waals surface area (Å²) in [5.74, 6) is 0. The highest BCUT2D eigenvalue weighted by Crippen LogP contribution is 2.50. The van der Waals surface area contributed by atoms with Crippen molar-refractivity contribution in [2.24, 2.45) is 5.41 Å². The lowest BCUT2D eigenvalue weighted by Gasteiger charge is -2.44. The average molecular weight is 374 g/mol. The molecule has 1 aromatic carbocycles. The summed E-state index contributed by atoms with van der Waals surface area (Å²) in [4.78, 5) is 17.6. The molecule has 1 aliphatic carbocycles. The normalized spacial score (nSPS) is 28.1. The van der Waals surface area contributed by atoms with Crippen LogP contribution in [-0.2, 0) is 11.3 Å². The minimum absolute atomic E-state index is 0.0685. The van der Waals surface area contributed by atoms with E-state index in [1.807, 2.05) is 0 Å². The van der Waals surface area contributed by atoms with E-state index in [0.717, 1.165) is 0 Å². The van der Waals surface area contributed by atoms with Crippen molar-refractivity contribution in [2.75, 3.05) is 13.6 Å². The second-order valence-corrected chi connectivity index (χ2v) is 7.79. The number of imidazole rings is 1. The first-order valence-corrected chi connectivity index (χ1v) is 8.94. The molecular formula is C19H20F2N4O2. The van der Waals surface area contributed by atoms with Gasteiger partial charge in [-0.05, 0) is 37.5 Å². The molecule has 0 bridgehead atoms. The first kappa shape index (κ1) is 17.7. The number of rotatable bonds is 3. The zero-order chi connectivity index (χ0) is 19.2. The Labute approximate surface area is 155 Å². The van der Waals surface area contributed by atoms with E-state index in [1.165, 1.54) is 4.90 Å². The van der Waals surface area contributed by atoms with Crippen molar-refractivity contribution >= 4 is 17.1 Å². The van der Waals surface area contributed by atoms with Gasteiger partial charge in [0.05, 0.1) is 41.0 Å². The first-order valence-electron chi connectivity index (χ1n) is 8.94. The maximum atomic E-state index is 14.3. The van der Waals surface area contributed by atoms with Gasteiger partial charge in [0, 0.05) is 20.0 Å². The van der Waals surface area contributed by atoms with Crippen LogP contribution in [0.15, 0.2) is 24.5 Å². The van der Waals surface area contributed by atoms with Crippen LogP contribution >= 0.6 is 0 Å². The molecule has 2 atom stereocenters. The van der Waals surface area contributed by atoms with Crippen molar-refractivity contribution in [3.05, 3.63) is 30.1 Å². The molecule has 1 aliphatic heterocycles. The lowest BCUT2D eigenvalue weighted by Crippen LogP contribution is -2.49. The molecular weight excluding hydrogens is 354 g/mol. The van der Waals surface area contributed by atoms with E-state index >= 15 is 0 Å². The quantitative estimate of drug-likeness (QED) is 0.824. The molecule has 4 rings (SSSR count). The molecule has 1 spiro atoms. The first-order chi connectivity index (χ1) is 12.9. The predicted octanol–water partition coefficient (Wildman–Crippen LogP) is 3.55. The Kier molecular flexibility index (Phi) is 4.06. The number of halogens is 2. The Morgan fingerprint density at radius 3 is 2.89 bits per heavy atom.